The van der Waals surface area contributed by atoms with Crippen molar-refractivity contribution in [2.45, 2.75) is 32.1 Å². The third kappa shape index (κ3) is 3.30. The van der Waals surface area contributed by atoms with Gasteiger partial charge in [-0.25, -0.2) is 22.6 Å². The zero-order chi connectivity index (χ0) is 18.9. The van der Waals surface area contributed by atoms with E-state index in [-0.39, 0.29) is 4.90 Å². The second-order valence-electron chi connectivity index (χ2n) is 6.10. The average Bonchev–Trinajstić information content (AvgIpc) is 3.03. The van der Waals surface area contributed by atoms with Crippen molar-refractivity contribution in [3.05, 3.63) is 41.9 Å². The normalized spacial score (nSPS) is 11.8. The van der Waals surface area contributed by atoms with Crippen molar-refractivity contribution < 1.29 is 13.2 Å². The van der Waals surface area contributed by atoms with Crippen LogP contribution in [0, 0.1) is 13.8 Å². The predicted molar refractivity (Wildman–Crippen MR) is 99.9 cm³/mol. The SMILES string of the molecule is CCCNS(=O)(=O)c1cc(-c2cnn3c(C)cc(C)nc23)ccc1OC. The predicted octanol–water partition coefficient (Wildman–Crippen LogP) is 2.71. The topological polar surface area (TPSA) is 85.6 Å². The van der Waals surface area contributed by atoms with Crippen LogP contribution in [0.15, 0.2) is 35.4 Å². The molecule has 3 rings (SSSR count). The molecule has 0 radical (unpaired) electrons. The third-order valence-electron chi connectivity index (χ3n) is 4.08. The van der Waals surface area contributed by atoms with Crippen LogP contribution >= 0.6 is 0 Å². The zero-order valence-electron chi connectivity index (χ0n) is 15.3. The molecule has 0 fully saturated rings. The molecule has 0 saturated heterocycles. The fraction of sp³-hybridized carbons (Fsp3) is 0.333. The van der Waals surface area contributed by atoms with E-state index in [2.05, 4.69) is 14.8 Å². The average molecular weight is 374 g/mol. The lowest BCUT2D eigenvalue weighted by Gasteiger charge is -2.12. The molecule has 0 bridgehead atoms. The van der Waals surface area contributed by atoms with Crippen molar-refractivity contribution in [2.75, 3.05) is 13.7 Å². The van der Waals surface area contributed by atoms with E-state index in [1.54, 1.807) is 22.8 Å². The van der Waals surface area contributed by atoms with Crippen molar-refractivity contribution in [2.24, 2.45) is 0 Å². The number of methoxy groups -OCH3 is 1. The molecule has 0 spiro atoms. The Hall–Kier alpha value is -2.45. The molecular formula is C18H22N4O3S. The third-order valence-corrected chi connectivity index (χ3v) is 5.57. The maximum atomic E-state index is 12.6. The monoisotopic (exact) mass is 374 g/mol. The van der Waals surface area contributed by atoms with Crippen molar-refractivity contribution in [1.29, 1.82) is 0 Å². The molecule has 8 heteroatoms. The molecule has 0 aliphatic rings. The molecule has 0 amide bonds. The number of nitrogens with zero attached hydrogens (tertiary/aromatic N) is 3. The minimum atomic E-state index is -3.67. The lowest BCUT2D eigenvalue weighted by Crippen LogP contribution is -2.24. The molecule has 1 aromatic carbocycles. The summed E-state index contributed by atoms with van der Waals surface area (Å²) in [6.07, 6.45) is 2.41. The summed E-state index contributed by atoms with van der Waals surface area (Å²) in [5.41, 5.74) is 4.02. The highest BCUT2D eigenvalue weighted by atomic mass is 32.2. The first kappa shape index (κ1) is 18.3. The van der Waals surface area contributed by atoms with Crippen molar-refractivity contribution in [1.82, 2.24) is 19.3 Å². The van der Waals surface area contributed by atoms with Crippen LogP contribution < -0.4 is 9.46 Å². The van der Waals surface area contributed by atoms with Gasteiger partial charge in [-0.2, -0.15) is 5.10 Å². The van der Waals surface area contributed by atoms with Gasteiger partial charge < -0.3 is 4.74 Å². The maximum absolute atomic E-state index is 12.6. The Bertz CT molecular complexity index is 1060. The van der Waals surface area contributed by atoms with E-state index in [0.717, 1.165) is 22.5 Å². The summed E-state index contributed by atoms with van der Waals surface area (Å²) in [6.45, 7) is 6.15. The van der Waals surface area contributed by atoms with E-state index in [1.165, 1.54) is 7.11 Å². The van der Waals surface area contributed by atoms with Crippen LogP contribution in [0.25, 0.3) is 16.8 Å². The smallest absolute Gasteiger partial charge is 0.244 e. The van der Waals surface area contributed by atoms with Gasteiger partial charge in [0, 0.05) is 23.5 Å². The van der Waals surface area contributed by atoms with Gasteiger partial charge in [-0.1, -0.05) is 13.0 Å². The van der Waals surface area contributed by atoms with Crippen LogP contribution in [-0.4, -0.2) is 36.7 Å². The summed E-state index contributed by atoms with van der Waals surface area (Å²) in [7, 11) is -2.22. The minimum Gasteiger partial charge on any atom is -0.495 e. The number of sulfonamides is 1. The summed E-state index contributed by atoms with van der Waals surface area (Å²) in [5, 5.41) is 4.38. The quantitative estimate of drug-likeness (QED) is 0.717. The number of hydrogen-bond donors (Lipinski definition) is 1. The summed E-state index contributed by atoms with van der Waals surface area (Å²) < 4.78 is 34.9. The van der Waals surface area contributed by atoms with Crippen LogP contribution in [0.2, 0.25) is 0 Å². The van der Waals surface area contributed by atoms with E-state index in [9.17, 15) is 8.42 Å². The number of hydrogen-bond acceptors (Lipinski definition) is 5. The molecule has 7 nitrogen and oxygen atoms in total. The molecule has 138 valence electrons. The van der Waals surface area contributed by atoms with Gasteiger partial charge in [0.1, 0.15) is 10.6 Å². The summed E-state index contributed by atoms with van der Waals surface area (Å²) in [6, 6.07) is 7.02. The zero-order valence-corrected chi connectivity index (χ0v) is 16.1. The van der Waals surface area contributed by atoms with Gasteiger partial charge in [0.25, 0.3) is 0 Å². The second kappa shape index (κ2) is 7.05. The van der Waals surface area contributed by atoms with Crippen molar-refractivity contribution >= 4 is 15.7 Å². The lowest BCUT2D eigenvalue weighted by molar-refractivity contribution is 0.402. The lowest BCUT2D eigenvalue weighted by atomic mass is 10.1. The molecule has 3 aromatic rings. The van der Waals surface area contributed by atoms with E-state index >= 15 is 0 Å². The fourth-order valence-electron chi connectivity index (χ4n) is 2.84. The highest BCUT2D eigenvalue weighted by Gasteiger charge is 2.21. The molecule has 2 aromatic heterocycles. The Morgan fingerprint density at radius 1 is 1.23 bits per heavy atom. The van der Waals surface area contributed by atoms with Crippen LogP contribution in [0.3, 0.4) is 0 Å². The Labute approximate surface area is 153 Å². The maximum Gasteiger partial charge on any atom is 0.244 e. The van der Waals surface area contributed by atoms with Gasteiger partial charge in [-0.3, -0.25) is 0 Å². The largest absolute Gasteiger partial charge is 0.495 e. The summed E-state index contributed by atoms with van der Waals surface area (Å²) >= 11 is 0. The molecule has 0 aliphatic carbocycles. The Morgan fingerprint density at radius 2 is 2.00 bits per heavy atom. The molecule has 0 unspecified atom stereocenters. The van der Waals surface area contributed by atoms with Gasteiger partial charge in [0.2, 0.25) is 10.0 Å². The number of rotatable bonds is 6. The molecule has 0 saturated carbocycles. The first-order valence-corrected chi connectivity index (χ1v) is 9.85. The molecule has 26 heavy (non-hydrogen) atoms. The molecule has 1 N–H and O–H groups in total. The highest BCUT2D eigenvalue weighted by molar-refractivity contribution is 7.89. The van der Waals surface area contributed by atoms with E-state index < -0.39 is 10.0 Å². The van der Waals surface area contributed by atoms with Gasteiger partial charge in [0.15, 0.2) is 5.65 Å². The van der Waals surface area contributed by atoms with Gasteiger partial charge >= 0.3 is 0 Å². The number of fused-ring (bicyclic) bond motifs is 1. The standard InChI is InChI=1S/C18H22N4O3S/c1-5-8-20-26(23,24)17-10-14(6-7-16(17)25-4)15-11-19-22-13(3)9-12(2)21-18(15)22/h6-7,9-11,20H,5,8H2,1-4H3. The molecule has 0 atom stereocenters. The van der Waals surface area contributed by atoms with Gasteiger partial charge in [-0.05, 0) is 44.0 Å². The first-order valence-electron chi connectivity index (χ1n) is 8.37. The Balaban J connectivity index is 2.17. The molecule has 0 aliphatic heterocycles. The van der Waals surface area contributed by atoms with Gasteiger partial charge in [0.05, 0.1) is 13.3 Å². The second-order valence-corrected chi connectivity index (χ2v) is 7.83. The number of aryl methyl sites for hydroxylation is 2. The first-order chi connectivity index (χ1) is 12.4. The molecule has 2 heterocycles. The number of aromatic nitrogens is 3. The van der Waals surface area contributed by atoms with Crippen LogP contribution in [0.4, 0.5) is 0 Å². The van der Waals surface area contributed by atoms with Crippen molar-refractivity contribution in [3.63, 3.8) is 0 Å². The molecular weight excluding hydrogens is 352 g/mol. The summed E-state index contributed by atoms with van der Waals surface area (Å²) in [5.74, 6) is 0.300. The number of ether oxygens (including phenoxy) is 1. The fourth-order valence-corrected chi connectivity index (χ4v) is 4.17. The summed E-state index contributed by atoms with van der Waals surface area (Å²) in [4.78, 5) is 4.67. The highest BCUT2D eigenvalue weighted by Crippen LogP contribution is 2.31. The van der Waals surface area contributed by atoms with E-state index in [4.69, 9.17) is 4.74 Å². The Morgan fingerprint density at radius 3 is 2.69 bits per heavy atom. The number of nitrogens with one attached hydrogen (secondary N) is 1. The van der Waals surface area contributed by atoms with E-state index in [1.807, 2.05) is 32.9 Å². The minimum absolute atomic E-state index is 0.106. The Kier molecular flexibility index (Phi) is 4.97. The van der Waals surface area contributed by atoms with Crippen LogP contribution in [-0.2, 0) is 10.0 Å². The van der Waals surface area contributed by atoms with Crippen molar-refractivity contribution in [3.8, 4) is 16.9 Å². The van der Waals surface area contributed by atoms with Crippen LogP contribution in [0.1, 0.15) is 24.7 Å². The van der Waals surface area contributed by atoms with Gasteiger partial charge in [-0.15, -0.1) is 0 Å². The number of benzene rings is 1. The van der Waals surface area contributed by atoms with Crippen LogP contribution in [0.5, 0.6) is 5.75 Å². The van der Waals surface area contributed by atoms with E-state index in [0.29, 0.717) is 24.4 Å².